The van der Waals surface area contributed by atoms with E-state index in [-0.39, 0.29) is 0 Å². The molecular weight excluding hydrogens is 234 g/mol. The molecule has 0 radical (unpaired) electrons. The average Bonchev–Trinajstić information content (AvgIpc) is 2.47. The van der Waals surface area contributed by atoms with Crippen molar-refractivity contribution in [3.63, 3.8) is 0 Å². The van der Waals surface area contributed by atoms with E-state index in [0.29, 0.717) is 0 Å². The molecule has 0 saturated carbocycles. The molecule has 0 aliphatic carbocycles. The van der Waals surface area contributed by atoms with Crippen LogP contribution in [0, 0.1) is 0 Å². The molecule has 0 aliphatic heterocycles. The van der Waals surface area contributed by atoms with Gasteiger partial charge in [-0.05, 0) is 36.6 Å². The number of benzene rings is 1. The van der Waals surface area contributed by atoms with Crippen molar-refractivity contribution >= 4 is 11.5 Å². The molecule has 0 spiro atoms. The Hall–Kier alpha value is -2.16. The van der Waals surface area contributed by atoms with Gasteiger partial charge in [0.2, 0.25) is 0 Å². The van der Waals surface area contributed by atoms with E-state index >= 15 is 0 Å². The van der Waals surface area contributed by atoms with Crippen molar-refractivity contribution in [2.24, 2.45) is 5.10 Å². The lowest BCUT2D eigenvalue weighted by Gasteiger charge is -2.04. The van der Waals surface area contributed by atoms with E-state index in [1.807, 2.05) is 25.1 Å². The quantitative estimate of drug-likeness (QED) is 0.648. The maximum absolute atomic E-state index is 4.34. The van der Waals surface area contributed by atoms with Crippen LogP contribution < -0.4 is 5.43 Å². The molecule has 0 atom stereocenters. The first-order valence-corrected chi connectivity index (χ1v) is 6.60. The van der Waals surface area contributed by atoms with Crippen LogP contribution in [0.2, 0.25) is 0 Å². The van der Waals surface area contributed by atoms with Gasteiger partial charge in [-0.2, -0.15) is 5.10 Å². The Balaban J connectivity index is 2.04. The van der Waals surface area contributed by atoms with Crippen LogP contribution in [0.5, 0.6) is 0 Å². The molecule has 3 heteroatoms. The van der Waals surface area contributed by atoms with Crippen molar-refractivity contribution in [3.05, 3.63) is 59.8 Å². The minimum atomic E-state index is 0.754. The lowest BCUT2D eigenvalue weighted by atomic mass is 10.1. The summed E-state index contributed by atoms with van der Waals surface area (Å²) in [6.45, 7) is 4.18. The largest absolute Gasteiger partial charge is 0.261 e. The van der Waals surface area contributed by atoms with Crippen LogP contribution in [-0.4, -0.2) is 10.7 Å². The van der Waals surface area contributed by atoms with Gasteiger partial charge < -0.3 is 0 Å². The first-order chi connectivity index (χ1) is 9.29. The van der Waals surface area contributed by atoms with Crippen molar-refractivity contribution < 1.29 is 0 Å². The van der Waals surface area contributed by atoms with Gasteiger partial charge in [0.25, 0.3) is 0 Å². The highest BCUT2D eigenvalue weighted by Gasteiger charge is 1.98. The fraction of sp³-hybridized carbons (Fsp3) is 0.250. The van der Waals surface area contributed by atoms with Gasteiger partial charge in [-0.1, -0.05) is 43.7 Å². The van der Waals surface area contributed by atoms with E-state index in [4.69, 9.17) is 0 Å². The fourth-order valence-corrected chi connectivity index (χ4v) is 1.84. The smallest absolute Gasteiger partial charge is 0.146 e. The van der Waals surface area contributed by atoms with E-state index in [2.05, 4.69) is 46.7 Å². The summed E-state index contributed by atoms with van der Waals surface area (Å²) in [5, 5.41) is 4.34. The molecule has 3 nitrogen and oxygen atoms in total. The third-order valence-corrected chi connectivity index (χ3v) is 2.91. The Bertz CT molecular complexity index is 530. The molecule has 1 heterocycles. The normalized spacial score (nSPS) is 11.4. The zero-order valence-corrected chi connectivity index (χ0v) is 11.4. The predicted molar refractivity (Wildman–Crippen MR) is 80.5 cm³/mol. The molecule has 1 N–H and O–H groups in total. The maximum atomic E-state index is 4.34. The van der Waals surface area contributed by atoms with Crippen molar-refractivity contribution in [1.82, 2.24) is 4.98 Å². The van der Waals surface area contributed by atoms with Gasteiger partial charge in [0.15, 0.2) is 0 Å². The van der Waals surface area contributed by atoms with Crippen molar-refractivity contribution in [3.8, 4) is 0 Å². The second kappa shape index (κ2) is 6.69. The van der Waals surface area contributed by atoms with Crippen molar-refractivity contribution in [2.75, 3.05) is 5.43 Å². The number of aryl methyl sites for hydroxylation is 1. The third kappa shape index (κ3) is 3.91. The van der Waals surface area contributed by atoms with Gasteiger partial charge >= 0.3 is 0 Å². The molecule has 2 aromatic rings. The summed E-state index contributed by atoms with van der Waals surface area (Å²) in [4.78, 5) is 4.16. The summed E-state index contributed by atoms with van der Waals surface area (Å²) in [6.07, 6.45) is 4.04. The highest BCUT2D eigenvalue weighted by atomic mass is 15.3. The number of nitrogens with zero attached hydrogens (tertiary/aromatic N) is 2. The maximum Gasteiger partial charge on any atom is 0.146 e. The molecule has 1 aromatic heterocycles. The Morgan fingerprint density at radius 2 is 1.95 bits per heavy atom. The predicted octanol–water partition coefficient (Wildman–Crippen LogP) is 3.87. The lowest BCUT2D eigenvalue weighted by Crippen LogP contribution is -2.00. The van der Waals surface area contributed by atoms with Crippen molar-refractivity contribution in [2.45, 2.75) is 26.7 Å². The molecule has 19 heavy (non-hydrogen) atoms. The lowest BCUT2D eigenvalue weighted by molar-refractivity contribution is 0.922. The zero-order chi connectivity index (χ0) is 13.5. The number of hydrogen-bond acceptors (Lipinski definition) is 3. The highest BCUT2D eigenvalue weighted by Crippen LogP contribution is 2.08. The first kappa shape index (κ1) is 13.3. The molecule has 2 rings (SSSR count). The van der Waals surface area contributed by atoms with Gasteiger partial charge in [0, 0.05) is 6.20 Å². The van der Waals surface area contributed by atoms with E-state index in [9.17, 15) is 0 Å². The van der Waals surface area contributed by atoms with Gasteiger partial charge in [0.05, 0.1) is 5.71 Å². The summed E-state index contributed by atoms with van der Waals surface area (Å²) < 4.78 is 0. The van der Waals surface area contributed by atoms with E-state index in [0.717, 1.165) is 23.5 Å². The van der Waals surface area contributed by atoms with Crippen LogP contribution in [0.4, 0.5) is 5.82 Å². The number of nitrogens with one attached hydrogen (secondary N) is 1. The number of anilines is 1. The SMILES string of the molecule is CCCc1ccc(/C(C)=N\Nc2ccccn2)cc1. The van der Waals surface area contributed by atoms with E-state index in [1.165, 1.54) is 12.0 Å². The Kier molecular flexibility index (Phi) is 4.67. The van der Waals surface area contributed by atoms with Gasteiger partial charge in [-0.3, -0.25) is 5.43 Å². The number of pyridine rings is 1. The van der Waals surface area contributed by atoms with Gasteiger partial charge in [-0.25, -0.2) is 4.98 Å². The Morgan fingerprint density at radius 1 is 1.16 bits per heavy atom. The zero-order valence-electron chi connectivity index (χ0n) is 11.4. The first-order valence-electron chi connectivity index (χ1n) is 6.60. The van der Waals surface area contributed by atoms with Crippen LogP contribution in [-0.2, 0) is 6.42 Å². The monoisotopic (exact) mass is 253 g/mol. The van der Waals surface area contributed by atoms with Crippen LogP contribution in [0.1, 0.15) is 31.4 Å². The third-order valence-electron chi connectivity index (χ3n) is 2.91. The molecule has 0 aliphatic rings. The molecule has 0 saturated heterocycles. The Morgan fingerprint density at radius 3 is 2.58 bits per heavy atom. The topological polar surface area (TPSA) is 37.3 Å². The Labute approximate surface area is 114 Å². The summed E-state index contributed by atoms with van der Waals surface area (Å²) in [5.74, 6) is 0.754. The highest BCUT2D eigenvalue weighted by molar-refractivity contribution is 5.99. The van der Waals surface area contributed by atoms with Crippen molar-refractivity contribution in [1.29, 1.82) is 0 Å². The molecule has 0 bridgehead atoms. The summed E-state index contributed by atoms with van der Waals surface area (Å²) in [6, 6.07) is 14.3. The van der Waals surface area contributed by atoms with Gasteiger partial charge in [0.1, 0.15) is 5.82 Å². The molecular formula is C16H19N3. The number of rotatable bonds is 5. The number of hydrazone groups is 1. The number of hydrogen-bond donors (Lipinski definition) is 1. The molecule has 0 amide bonds. The minimum absolute atomic E-state index is 0.754. The second-order valence-electron chi connectivity index (χ2n) is 4.47. The molecule has 1 aromatic carbocycles. The summed E-state index contributed by atoms with van der Waals surface area (Å²) in [7, 11) is 0. The average molecular weight is 253 g/mol. The summed E-state index contributed by atoms with van der Waals surface area (Å²) >= 11 is 0. The standard InChI is InChI=1S/C16H19N3/c1-3-6-14-8-10-15(11-9-14)13(2)18-19-16-7-4-5-12-17-16/h4-5,7-12H,3,6H2,1-2H3,(H,17,19)/b18-13-. The van der Waals surface area contributed by atoms with Crippen LogP contribution in [0.3, 0.4) is 0 Å². The van der Waals surface area contributed by atoms with Gasteiger partial charge in [-0.15, -0.1) is 0 Å². The molecule has 98 valence electrons. The number of aromatic nitrogens is 1. The molecule has 0 fully saturated rings. The van der Waals surface area contributed by atoms with E-state index < -0.39 is 0 Å². The summed E-state index contributed by atoms with van der Waals surface area (Å²) in [5.41, 5.74) is 6.41. The molecule has 0 unspecified atom stereocenters. The fourth-order valence-electron chi connectivity index (χ4n) is 1.84. The van der Waals surface area contributed by atoms with Crippen LogP contribution in [0.25, 0.3) is 0 Å². The van der Waals surface area contributed by atoms with Crippen LogP contribution in [0.15, 0.2) is 53.8 Å². The van der Waals surface area contributed by atoms with E-state index in [1.54, 1.807) is 6.20 Å². The van der Waals surface area contributed by atoms with Crippen LogP contribution >= 0.6 is 0 Å². The second-order valence-corrected chi connectivity index (χ2v) is 4.47. The minimum Gasteiger partial charge on any atom is -0.261 e.